The van der Waals surface area contributed by atoms with E-state index in [2.05, 4.69) is 20.9 Å². The van der Waals surface area contributed by atoms with E-state index in [-0.39, 0.29) is 11.9 Å². The lowest BCUT2D eigenvalue weighted by Gasteiger charge is -2.12. The van der Waals surface area contributed by atoms with Crippen molar-refractivity contribution in [1.82, 2.24) is 4.98 Å². The Morgan fingerprint density at radius 3 is 2.59 bits per heavy atom. The molecule has 0 radical (unpaired) electrons. The van der Waals surface area contributed by atoms with Crippen LogP contribution in [0.4, 0.5) is 4.39 Å². The summed E-state index contributed by atoms with van der Waals surface area (Å²) in [6.45, 7) is 0. The van der Waals surface area contributed by atoms with Gasteiger partial charge in [-0.25, -0.2) is 4.39 Å². The van der Waals surface area contributed by atoms with Crippen molar-refractivity contribution in [3.05, 3.63) is 64.1 Å². The standard InChI is InChI=1S/C13H12BrFN2/c14-11-2-1-10(8-12(11)15)13(16)7-9-3-5-17-6-4-9/h1-6,8,13H,7,16H2. The van der Waals surface area contributed by atoms with E-state index in [1.165, 1.54) is 6.07 Å². The van der Waals surface area contributed by atoms with Crippen LogP contribution in [-0.4, -0.2) is 4.98 Å². The molecular formula is C13H12BrFN2. The molecule has 0 amide bonds. The molecular weight excluding hydrogens is 283 g/mol. The van der Waals surface area contributed by atoms with Crippen LogP contribution in [0.1, 0.15) is 17.2 Å². The summed E-state index contributed by atoms with van der Waals surface area (Å²) in [6.07, 6.45) is 4.12. The van der Waals surface area contributed by atoms with Crippen molar-refractivity contribution in [3.8, 4) is 0 Å². The maximum absolute atomic E-state index is 13.4. The van der Waals surface area contributed by atoms with Gasteiger partial charge in [0.05, 0.1) is 4.47 Å². The maximum atomic E-state index is 13.4. The first-order chi connectivity index (χ1) is 8.16. The zero-order valence-corrected chi connectivity index (χ0v) is 10.7. The zero-order valence-electron chi connectivity index (χ0n) is 9.11. The average Bonchev–Trinajstić information content (AvgIpc) is 2.34. The van der Waals surface area contributed by atoms with E-state index in [0.717, 1.165) is 11.1 Å². The Labute approximate surface area is 108 Å². The highest BCUT2D eigenvalue weighted by atomic mass is 79.9. The van der Waals surface area contributed by atoms with Crippen LogP contribution in [0.5, 0.6) is 0 Å². The van der Waals surface area contributed by atoms with Crippen LogP contribution in [-0.2, 0) is 6.42 Å². The van der Waals surface area contributed by atoms with E-state index < -0.39 is 0 Å². The number of aromatic nitrogens is 1. The second-order valence-electron chi connectivity index (χ2n) is 3.84. The molecule has 1 atom stereocenters. The van der Waals surface area contributed by atoms with Crippen molar-refractivity contribution in [2.45, 2.75) is 12.5 Å². The first kappa shape index (κ1) is 12.2. The number of nitrogens with zero attached hydrogens (tertiary/aromatic N) is 1. The van der Waals surface area contributed by atoms with Gasteiger partial charge >= 0.3 is 0 Å². The average molecular weight is 295 g/mol. The lowest BCUT2D eigenvalue weighted by atomic mass is 10.0. The summed E-state index contributed by atoms with van der Waals surface area (Å²) >= 11 is 3.12. The quantitative estimate of drug-likeness (QED) is 0.944. The molecule has 0 aliphatic heterocycles. The molecule has 0 fully saturated rings. The van der Waals surface area contributed by atoms with Crippen LogP contribution in [0.15, 0.2) is 47.2 Å². The normalized spacial score (nSPS) is 12.4. The molecule has 1 unspecified atom stereocenters. The molecule has 88 valence electrons. The van der Waals surface area contributed by atoms with Crippen molar-refractivity contribution >= 4 is 15.9 Å². The SMILES string of the molecule is NC(Cc1ccncc1)c1ccc(Br)c(F)c1. The number of hydrogen-bond donors (Lipinski definition) is 1. The second kappa shape index (κ2) is 5.38. The minimum atomic E-state index is -0.285. The molecule has 0 aliphatic carbocycles. The third-order valence-electron chi connectivity index (χ3n) is 2.58. The van der Waals surface area contributed by atoms with Gasteiger partial charge in [-0.3, -0.25) is 4.98 Å². The van der Waals surface area contributed by atoms with Crippen molar-refractivity contribution in [1.29, 1.82) is 0 Å². The summed E-state index contributed by atoms with van der Waals surface area (Å²) in [4.78, 5) is 3.94. The molecule has 2 N–H and O–H groups in total. The largest absolute Gasteiger partial charge is 0.324 e. The second-order valence-corrected chi connectivity index (χ2v) is 4.69. The van der Waals surface area contributed by atoms with E-state index in [1.54, 1.807) is 18.5 Å². The van der Waals surface area contributed by atoms with Gasteiger partial charge in [-0.05, 0) is 57.7 Å². The lowest BCUT2D eigenvalue weighted by Crippen LogP contribution is -2.13. The Balaban J connectivity index is 2.14. The highest BCUT2D eigenvalue weighted by molar-refractivity contribution is 9.10. The number of hydrogen-bond acceptors (Lipinski definition) is 2. The smallest absolute Gasteiger partial charge is 0.137 e. The van der Waals surface area contributed by atoms with E-state index in [0.29, 0.717) is 10.9 Å². The van der Waals surface area contributed by atoms with Gasteiger partial charge in [0.2, 0.25) is 0 Å². The van der Waals surface area contributed by atoms with Crippen LogP contribution < -0.4 is 5.73 Å². The van der Waals surface area contributed by atoms with Crippen LogP contribution in [0.25, 0.3) is 0 Å². The summed E-state index contributed by atoms with van der Waals surface area (Å²) in [7, 11) is 0. The molecule has 0 aliphatic rings. The molecule has 1 heterocycles. The Hall–Kier alpha value is -1.26. The van der Waals surface area contributed by atoms with Gasteiger partial charge < -0.3 is 5.73 Å². The van der Waals surface area contributed by atoms with Gasteiger partial charge in [-0.2, -0.15) is 0 Å². The number of nitrogens with two attached hydrogens (primary N) is 1. The number of pyridine rings is 1. The predicted molar refractivity (Wildman–Crippen MR) is 69.0 cm³/mol. The topological polar surface area (TPSA) is 38.9 Å². The molecule has 0 saturated heterocycles. The van der Waals surface area contributed by atoms with Crippen molar-refractivity contribution in [2.75, 3.05) is 0 Å². The minimum Gasteiger partial charge on any atom is -0.324 e. The minimum absolute atomic E-state index is 0.208. The van der Waals surface area contributed by atoms with E-state index >= 15 is 0 Å². The van der Waals surface area contributed by atoms with Crippen molar-refractivity contribution in [3.63, 3.8) is 0 Å². The molecule has 4 heteroatoms. The number of rotatable bonds is 3. The van der Waals surface area contributed by atoms with E-state index in [1.807, 2.05) is 18.2 Å². The molecule has 17 heavy (non-hydrogen) atoms. The van der Waals surface area contributed by atoms with Crippen molar-refractivity contribution in [2.24, 2.45) is 5.73 Å². The molecule has 2 rings (SSSR count). The lowest BCUT2D eigenvalue weighted by molar-refractivity contribution is 0.612. The van der Waals surface area contributed by atoms with Crippen LogP contribution in [0.2, 0.25) is 0 Å². The first-order valence-electron chi connectivity index (χ1n) is 5.26. The molecule has 2 aromatic rings. The Bertz CT molecular complexity index is 502. The summed E-state index contributed by atoms with van der Waals surface area (Å²) < 4.78 is 13.8. The van der Waals surface area contributed by atoms with Gasteiger partial charge in [-0.15, -0.1) is 0 Å². The highest BCUT2D eigenvalue weighted by Gasteiger charge is 2.09. The first-order valence-corrected chi connectivity index (χ1v) is 6.05. The van der Waals surface area contributed by atoms with Gasteiger partial charge in [0.1, 0.15) is 5.82 Å². The van der Waals surface area contributed by atoms with E-state index in [4.69, 9.17) is 5.73 Å². The van der Waals surface area contributed by atoms with Gasteiger partial charge in [0.15, 0.2) is 0 Å². The Kier molecular flexibility index (Phi) is 3.86. The monoisotopic (exact) mass is 294 g/mol. The Morgan fingerprint density at radius 2 is 1.94 bits per heavy atom. The summed E-state index contributed by atoms with van der Waals surface area (Å²) in [6, 6.07) is 8.59. The zero-order chi connectivity index (χ0) is 12.3. The molecule has 1 aromatic carbocycles. The third kappa shape index (κ3) is 3.11. The molecule has 0 saturated carbocycles. The molecule has 0 spiro atoms. The predicted octanol–water partition coefficient (Wildman–Crippen LogP) is 3.23. The van der Waals surface area contributed by atoms with Crippen LogP contribution in [0, 0.1) is 5.82 Å². The van der Waals surface area contributed by atoms with E-state index in [9.17, 15) is 4.39 Å². The molecule has 0 bridgehead atoms. The van der Waals surface area contributed by atoms with Crippen LogP contribution >= 0.6 is 15.9 Å². The fraction of sp³-hybridized carbons (Fsp3) is 0.154. The van der Waals surface area contributed by atoms with Crippen molar-refractivity contribution < 1.29 is 4.39 Å². The number of halogens is 2. The Morgan fingerprint density at radius 1 is 1.24 bits per heavy atom. The maximum Gasteiger partial charge on any atom is 0.137 e. The van der Waals surface area contributed by atoms with Gasteiger partial charge in [0.25, 0.3) is 0 Å². The van der Waals surface area contributed by atoms with Gasteiger partial charge in [0, 0.05) is 18.4 Å². The van der Waals surface area contributed by atoms with Crippen LogP contribution in [0.3, 0.4) is 0 Å². The van der Waals surface area contributed by atoms with Gasteiger partial charge in [-0.1, -0.05) is 6.07 Å². The number of benzene rings is 1. The molecule has 1 aromatic heterocycles. The summed E-state index contributed by atoms with van der Waals surface area (Å²) in [5, 5.41) is 0. The fourth-order valence-corrected chi connectivity index (χ4v) is 1.88. The highest BCUT2D eigenvalue weighted by Crippen LogP contribution is 2.21. The fourth-order valence-electron chi connectivity index (χ4n) is 1.63. The summed E-state index contributed by atoms with van der Waals surface area (Å²) in [5.74, 6) is -0.285. The molecule has 2 nitrogen and oxygen atoms in total. The summed E-state index contributed by atoms with van der Waals surface area (Å²) in [5.41, 5.74) is 7.93. The third-order valence-corrected chi connectivity index (χ3v) is 3.22.